The van der Waals surface area contributed by atoms with E-state index in [-0.39, 0.29) is 51.8 Å². The summed E-state index contributed by atoms with van der Waals surface area (Å²) in [4.78, 5) is 61.8. The number of aliphatic hydroxyl groups excluding tert-OH is 9. The van der Waals surface area contributed by atoms with Crippen molar-refractivity contribution < 1.29 is 92.3 Å². The molecule has 5 aliphatic rings. The van der Waals surface area contributed by atoms with E-state index in [4.69, 9.17) is 67.7 Å². The first kappa shape index (κ1) is 68.7. The van der Waals surface area contributed by atoms with Crippen LogP contribution in [0.1, 0.15) is 33.2 Å². The van der Waals surface area contributed by atoms with Gasteiger partial charge in [-0.05, 0) is 55.0 Å². The fourth-order valence-electron chi connectivity index (χ4n) is 9.65. The highest BCUT2D eigenvalue weighted by Crippen LogP contribution is 2.46. The quantitative estimate of drug-likeness (QED) is 0.0319. The number of carbonyl (C=O) groups is 1. The number of nitrogens with one attached hydrogen (secondary N) is 1. The summed E-state index contributed by atoms with van der Waals surface area (Å²) in [6, 6.07) is 0.569. The zero-order valence-electron chi connectivity index (χ0n) is 47.4. The normalized spacial score (nSPS) is 32.9. The molecule has 47 heteroatoms. The summed E-state index contributed by atoms with van der Waals surface area (Å²) in [7, 11) is 1.35. The first-order valence-electron chi connectivity index (χ1n) is 25.8. The molecule has 10 heterocycles. The molecule has 5 aromatic heterocycles. The number of halogens is 3. The number of aliphatic hydroxyl groups is 9. The summed E-state index contributed by atoms with van der Waals surface area (Å²) in [6.45, 7) is 4.16. The Morgan fingerprint density at radius 2 is 1.19 bits per heavy atom. The number of carbonyl (C=O) groups excluding carboxylic acids is 1. The van der Waals surface area contributed by atoms with Gasteiger partial charge in [-0.1, -0.05) is 27.0 Å². The Morgan fingerprint density at radius 1 is 0.714 bits per heavy atom. The van der Waals surface area contributed by atoms with Crippen molar-refractivity contribution in [2.24, 2.45) is 20.5 Å². The molecule has 5 aromatic rings. The van der Waals surface area contributed by atoms with E-state index in [1.165, 1.54) is 51.2 Å². The zero-order valence-corrected chi connectivity index (χ0v) is 47.4. The van der Waals surface area contributed by atoms with Crippen LogP contribution in [-0.4, -0.2) is 223 Å². The molecule has 0 unspecified atom stereocenters. The van der Waals surface area contributed by atoms with Crippen LogP contribution >= 0.6 is 0 Å². The second-order valence-electron chi connectivity index (χ2n) is 19.9. The molecule has 10 rings (SSSR count). The zero-order chi connectivity index (χ0) is 67.3. The number of nitrogens with zero attached hydrogens (tertiary/aromatic N) is 23. The Bertz CT molecular complexity index is 3850. The van der Waals surface area contributed by atoms with Crippen molar-refractivity contribution in [1.82, 2.24) is 58.8 Å². The van der Waals surface area contributed by atoms with Gasteiger partial charge in [0.2, 0.25) is 46.6 Å². The van der Waals surface area contributed by atoms with Crippen molar-refractivity contribution in [3.63, 3.8) is 0 Å². The Hall–Kier alpha value is -9.76. The molecule has 0 radical (unpaired) electrons. The van der Waals surface area contributed by atoms with E-state index in [0.717, 1.165) is 25.5 Å². The van der Waals surface area contributed by atoms with E-state index in [1.54, 1.807) is 6.92 Å². The highest BCUT2D eigenvalue weighted by Gasteiger charge is 2.65. The number of methoxy groups -OCH3 is 1. The maximum Gasteiger partial charge on any atom is 0.351 e. The molecule has 91 heavy (non-hydrogen) atoms. The lowest BCUT2D eigenvalue weighted by atomic mass is 9.94. The predicted molar refractivity (Wildman–Crippen MR) is 294 cm³/mol. The molecule has 0 bridgehead atoms. The molecule has 5 aliphatic heterocycles. The summed E-state index contributed by atoms with van der Waals surface area (Å²) in [5.74, 6) is -0.111. The van der Waals surface area contributed by atoms with Gasteiger partial charge in [0.25, 0.3) is 0 Å². The molecule has 4 saturated heterocycles. The van der Waals surface area contributed by atoms with Crippen LogP contribution in [-0.2, 0) is 24.7 Å². The number of azide groups is 4. The summed E-state index contributed by atoms with van der Waals surface area (Å²) < 4.78 is 78.7. The summed E-state index contributed by atoms with van der Waals surface area (Å²) in [6.07, 6.45) is -11.5. The van der Waals surface area contributed by atoms with Gasteiger partial charge in [-0.3, -0.25) is 18.6 Å². The van der Waals surface area contributed by atoms with Gasteiger partial charge in [-0.15, -0.1) is 0 Å². The van der Waals surface area contributed by atoms with Gasteiger partial charge >= 0.3 is 11.7 Å². The van der Waals surface area contributed by atoms with Crippen molar-refractivity contribution in [3.05, 3.63) is 102 Å². The van der Waals surface area contributed by atoms with Crippen LogP contribution in [0.2, 0.25) is 0 Å². The third-order valence-electron chi connectivity index (χ3n) is 14.3. The Morgan fingerprint density at radius 3 is 1.64 bits per heavy atom. The van der Waals surface area contributed by atoms with Crippen LogP contribution < -0.4 is 37.7 Å². The molecule has 2 amide bonds. The number of aromatic nitrogens is 10. The van der Waals surface area contributed by atoms with E-state index in [9.17, 15) is 68.7 Å². The van der Waals surface area contributed by atoms with E-state index in [1.807, 2.05) is 0 Å². The smallest absolute Gasteiger partial charge is 0.351 e. The minimum atomic E-state index is -2.47. The number of fused-ring (bicyclic) bond motifs is 2. The average molecular weight is 1290 g/mol. The fourth-order valence-corrected chi connectivity index (χ4v) is 9.65. The SMILES string of the molecule is C=C1C=CN([C@@H]2O[C@@](CO)(N=[N+]=[N-])[C@@H](O)[C@@]2(C)F)C(=O)N1.CCOc1nc(N)nc2c1ncn2[C@@H]1O[C@@](CO)(N=[N+]=[N-])[C@@H](O)[C@H]1F.COc1nc(N)nc2c1ncn2[C@@H]1O[C@@](CO)(N=[N+]=[N-])[C@@H](O)[C@H]1F.C[C@@]1(n2ccc(N)nc2=O)O[C@@](CO)(N=[N+]=[N-])[C@@H](O)[C@H]1O. The molecule has 0 saturated carbocycles. The van der Waals surface area contributed by atoms with Crippen molar-refractivity contribution >= 4 is 46.1 Å². The second kappa shape index (κ2) is 26.7. The summed E-state index contributed by atoms with van der Waals surface area (Å²) in [5.41, 5.74) is 38.0. The van der Waals surface area contributed by atoms with E-state index in [0.29, 0.717) is 12.3 Å². The Balaban J connectivity index is 0.000000173. The van der Waals surface area contributed by atoms with Crippen molar-refractivity contribution in [2.75, 3.05) is 57.3 Å². The molecule has 16 atom stereocenters. The van der Waals surface area contributed by atoms with Crippen molar-refractivity contribution in [1.29, 1.82) is 0 Å². The Kier molecular flexibility index (Phi) is 20.2. The lowest BCUT2D eigenvalue weighted by Gasteiger charge is -2.33. The Labute approximate surface area is 504 Å². The van der Waals surface area contributed by atoms with Gasteiger partial charge in [0.1, 0.15) is 36.3 Å². The maximum atomic E-state index is 14.8. The van der Waals surface area contributed by atoms with E-state index in [2.05, 4.69) is 86.9 Å². The number of urea groups is 1. The average Bonchev–Trinajstić information content (AvgIpc) is 1.67. The topological polar surface area (TPSA) is 665 Å². The molecular weight excluding hydrogens is 1240 g/mol. The number of hydrogen-bond donors (Lipinski definition) is 13. The summed E-state index contributed by atoms with van der Waals surface area (Å²) in [5, 5.41) is 103. The fraction of sp³-hybridized carbons (Fsp3) is 0.568. The van der Waals surface area contributed by atoms with Crippen LogP contribution in [0.25, 0.3) is 64.1 Å². The van der Waals surface area contributed by atoms with E-state index >= 15 is 0 Å². The van der Waals surface area contributed by atoms with Gasteiger partial charge in [0.05, 0.1) is 52.8 Å². The number of nitrogens with two attached hydrogens (primary N) is 3. The largest absolute Gasteiger partial charge is 0.479 e. The van der Waals surface area contributed by atoms with Crippen LogP contribution in [0, 0.1) is 0 Å². The van der Waals surface area contributed by atoms with Crippen LogP contribution in [0.15, 0.2) is 74.7 Å². The third-order valence-corrected chi connectivity index (χ3v) is 14.3. The van der Waals surface area contributed by atoms with Gasteiger partial charge in [0.15, 0.2) is 64.7 Å². The molecule has 0 aromatic carbocycles. The molecular formula is C44H56F3N27O17. The molecule has 4 fully saturated rings. The molecule has 0 spiro atoms. The highest BCUT2D eigenvalue weighted by molar-refractivity contribution is 5.80. The van der Waals surface area contributed by atoms with Crippen molar-refractivity contribution in [2.45, 2.75) is 117 Å². The molecule has 490 valence electrons. The number of imidazole rings is 2. The van der Waals surface area contributed by atoms with Crippen LogP contribution in [0.3, 0.4) is 0 Å². The monoisotopic (exact) mass is 1290 g/mol. The number of rotatable bonds is 15. The minimum absolute atomic E-state index is 0.0312. The lowest BCUT2D eigenvalue weighted by molar-refractivity contribution is -0.179. The van der Waals surface area contributed by atoms with E-state index < -0.39 is 134 Å². The predicted octanol–water partition coefficient (Wildman–Crippen LogP) is -1.59. The lowest BCUT2D eigenvalue weighted by Crippen LogP contribution is -2.54. The second-order valence-corrected chi connectivity index (χ2v) is 19.9. The number of allylic oxidation sites excluding steroid dienone is 1. The molecule has 0 aliphatic carbocycles. The third kappa shape index (κ3) is 12.3. The van der Waals surface area contributed by atoms with Gasteiger partial charge in [0, 0.05) is 37.7 Å². The van der Waals surface area contributed by atoms with Crippen LogP contribution in [0.5, 0.6) is 11.8 Å². The highest BCUT2D eigenvalue weighted by atomic mass is 19.1. The van der Waals surface area contributed by atoms with Crippen molar-refractivity contribution in [3.8, 4) is 11.8 Å². The maximum absolute atomic E-state index is 14.8. The number of amides is 2. The molecule has 44 nitrogen and oxygen atoms in total. The molecule has 16 N–H and O–H groups in total. The van der Waals surface area contributed by atoms with Gasteiger partial charge in [-0.2, -0.15) is 24.9 Å². The van der Waals surface area contributed by atoms with Gasteiger partial charge < -0.3 is 96.9 Å². The number of hydrogen-bond acceptors (Lipinski definition) is 31. The van der Waals surface area contributed by atoms with Gasteiger partial charge in [-0.25, -0.2) is 32.7 Å². The number of anilines is 3. The van der Waals surface area contributed by atoms with Crippen LogP contribution in [0.4, 0.5) is 35.7 Å². The first-order chi connectivity index (χ1) is 43.0. The number of nitrogen functional groups attached to an aromatic ring is 3. The summed E-state index contributed by atoms with van der Waals surface area (Å²) >= 11 is 0. The number of ether oxygens (including phenoxy) is 6. The standard InChI is InChI=1S/C12H15FN8O4.C11H13FN8O4.C11H14FN5O4.C10H14N6O5/c1-2-24-9-6-8(17-11(14)18-9)21(4-16-6)10-5(13)7(23)12(3-22,25-10)19-20-15;1-23-8-5-7(16-10(13)17-8)20(3-15-5)9-4(12)6(22)11(2-21,24-9)18-19-14;1-6-3-4-17(9(20)14-6)8-10(2,12)7(19)11(5-18,21-8)15-16-13;1-9(16-3-2-5(11)13-8(16)20)6(18)7(19)10(4-17,21-9)14-15-12/h4-5,7,10,22-23H,2-3H2,1H3,(H2,14,17,18);3-4,6,9,21-22H,2H2,1H3,(H2,13,16,17);3-4,7-8,18-19H,1,5H2,2H3,(H,14,20);2-3,6-7,17-19H,4H2,1H3,(H2,11,13,20)/t5-,7+,10-,12-;4-,6+,9-,11-;7-,8+,10+,11+;6-,7+,9-,10-/m1101/s1. The first-order valence-corrected chi connectivity index (χ1v) is 25.8. The minimum Gasteiger partial charge on any atom is -0.479 e. The number of alkyl halides is 3.